The third-order valence-corrected chi connectivity index (χ3v) is 3.89. The first-order chi connectivity index (χ1) is 8.61. The number of thiophene rings is 1. The Morgan fingerprint density at radius 3 is 2.61 bits per heavy atom. The monoisotopic (exact) mass is 269 g/mol. The Bertz CT molecular complexity index is 322. The molecule has 0 aliphatic heterocycles. The molecular weight excluding hydrogens is 242 g/mol. The van der Waals surface area contributed by atoms with Gasteiger partial charge in [-0.05, 0) is 24.5 Å². The molecule has 3 heteroatoms. The van der Waals surface area contributed by atoms with Gasteiger partial charge in [0.05, 0.1) is 6.61 Å². The minimum atomic E-state index is 0.543. The zero-order valence-corrected chi connectivity index (χ0v) is 13.0. The van der Waals surface area contributed by atoms with Gasteiger partial charge in [0.2, 0.25) is 0 Å². The van der Waals surface area contributed by atoms with Crippen LogP contribution in [0.4, 0.5) is 0 Å². The van der Waals surface area contributed by atoms with Crippen LogP contribution in [0.15, 0.2) is 12.1 Å². The molecule has 1 N–H and O–H groups in total. The first kappa shape index (κ1) is 15.7. The Morgan fingerprint density at radius 1 is 1.22 bits per heavy atom. The molecule has 0 amide bonds. The molecule has 0 fully saturated rings. The summed E-state index contributed by atoms with van der Waals surface area (Å²) >= 11 is 1.85. The van der Waals surface area contributed by atoms with Gasteiger partial charge in [-0.25, -0.2) is 0 Å². The van der Waals surface area contributed by atoms with Gasteiger partial charge in [0, 0.05) is 28.9 Å². The summed E-state index contributed by atoms with van der Waals surface area (Å²) in [5.74, 6) is 0.678. The van der Waals surface area contributed by atoms with Crippen LogP contribution in [0, 0.1) is 5.92 Å². The molecule has 2 nitrogen and oxygen atoms in total. The third-order valence-electron chi connectivity index (χ3n) is 2.83. The number of hydrogen-bond donors (Lipinski definition) is 1. The molecule has 0 saturated carbocycles. The first-order valence-electron chi connectivity index (χ1n) is 7.00. The van der Waals surface area contributed by atoms with Crippen LogP contribution in [0.5, 0.6) is 0 Å². The lowest BCUT2D eigenvalue weighted by atomic mass is 10.1. The van der Waals surface area contributed by atoms with E-state index >= 15 is 0 Å². The van der Waals surface area contributed by atoms with Gasteiger partial charge in [0.1, 0.15) is 0 Å². The predicted octanol–water partition coefficient (Wildman–Crippen LogP) is 4.20. The van der Waals surface area contributed by atoms with Gasteiger partial charge in [-0.2, -0.15) is 0 Å². The topological polar surface area (TPSA) is 21.3 Å². The van der Waals surface area contributed by atoms with Crippen molar-refractivity contribution in [1.82, 2.24) is 5.32 Å². The van der Waals surface area contributed by atoms with Crippen LogP contribution in [0.1, 0.15) is 50.3 Å². The van der Waals surface area contributed by atoms with Gasteiger partial charge in [0.15, 0.2) is 0 Å². The summed E-state index contributed by atoms with van der Waals surface area (Å²) in [4.78, 5) is 2.73. The van der Waals surface area contributed by atoms with Crippen molar-refractivity contribution >= 4 is 11.3 Å². The van der Waals surface area contributed by atoms with E-state index in [4.69, 9.17) is 4.74 Å². The summed E-state index contributed by atoms with van der Waals surface area (Å²) < 4.78 is 5.76. The second-order valence-corrected chi connectivity index (χ2v) is 6.57. The average molecular weight is 269 g/mol. The largest absolute Gasteiger partial charge is 0.376 e. The highest BCUT2D eigenvalue weighted by Gasteiger charge is 2.04. The molecule has 104 valence electrons. The molecule has 1 atom stereocenters. The molecule has 0 bridgehead atoms. The van der Waals surface area contributed by atoms with Crippen LogP contribution in [-0.4, -0.2) is 12.6 Å². The molecule has 1 aromatic rings. The maximum absolute atomic E-state index is 5.76. The highest BCUT2D eigenvalue weighted by atomic mass is 32.1. The van der Waals surface area contributed by atoms with Crippen molar-refractivity contribution in [3.8, 4) is 0 Å². The molecule has 0 aliphatic carbocycles. The van der Waals surface area contributed by atoms with E-state index in [1.54, 1.807) is 0 Å². The zero-order valence-electron chi connectivity index (χ0n) is 12.2. The van der Waals surface area contributed by atoms with Gasteiger partial charge in [-0.1, -0.05) is 34.1 Å². The van der Waals surface area contributed by atoms with Gasteiger partial charge in [0.25, 0.3) is 0 Å². The van der Waals surface area contributed by atoms with E-state index in [0.717, 1.165) is 19.8 Å². The van der Waals surface area contributed by atoms with Crippen LogP contribution in [0.25, 0.3) is 0 Å². The van der Waals surface area contributed by atoms with Gasteiger partial charge in [-0.3, -0.25) is 0 Å². The molecular formula is C15H27NOS. The molecule has 0 spiro atoms. The maximum Gasteiger partial charge on any atom is 0.0809 e. The van der Waals surface area contributed by atoms with Crippen molar-refractivity contribution in [2.24, 2.45) is 5.92 Å². The van der Waals surface area contributed by atoms with Gasteiger partial charge in [-0.15, -0.1) is 11.3 Å². The summed E-state index contributed by atoms with van der Waals surface area (Å²) in [7, 11) is 0. The van der Waals surface area contributed by atoms with E-state index in [0.29, 0.717) is 12.0 Å². The van der Waals surface area contributed by atoms with Crippen molar-refractivity contribution in [2.75, 3.05) is 6.61 Å². The second kappa shape index (κ2) is 8.68. The molecule has 0 aromatic carbocycles. The summed E-state index contributed by atoms with van der Waals surface area (Å²) in [6.45, 7) is 11.4. The smallest absolute Gasteiger partial charge is 0.0809 e. The summed E-state index contributed by atoms with van der Waals surface area (Å²) in [5.41, 5.74) is 0. The lowest BCUT2D eigenvalue weighted by molar-refractivity contribution is 0.0911. The first-order valence-corrected chi connectivity index (χ1v) is 7.82. The standard InChI is InChI=1S/C15H27NOS/c1-5-6-13(4)10-17-11-15-8-7-14(18-15)9-16-12(2)3/h7-8,12-13,16H,5-6,9-11H2,1-4H3. The molecule has 1 aromatic heterocycles. The summed E-state index contributed by atoms with van der Waals surface area (Å²) in [5, 5.41) is 3.44. The molecule has 1 heterocycles. The number of rotatable bonds is 9. The quantitative estimate of drug-likeness (QED) is 0.725. The Hall–Kier alpha value is -0.380. The molecule has 0 radical (unpaired) electrons. The molecule has 1 rings (SSSR count). The fourth-order valence-electron chi connectivity index (χ4n) is 1.84. The Morgan fingerprint density at radius 2 is 1.94 bits per heavy atom. The lowest BCUT2D eigenvalue weighted by Crippen LogP contribution is -2.21. The lowest BCUT2D eigenvalue weighted by Gasteiger charge is -2.09. The normalized spacial score (nSPS) is 13.2. The number of nitrogens with one attached hydrogen (secondary N) is 1. The number of hydrogen-bond acceptors (Lipinski definition) is 3. The maximum atomic E-state index is 5.76. The predicted molar refractivity (Wildman–Crippen MR) is 80.0 cm³/mol. The van der Waals surface area contributed by atoms with Crippen molar-refractivity contribution in [1.29, 1.82) is 0 Å². The minimum Gasteiger partial charge on any atom is -0.376 e. The fourth-order valence-corrected chi connectivity index (χ4v) is 2.74. The molecule has 0 aliphatic rings. The zero-order chi connectivity index (χ0) is 13.4. The van der Waals surface area contributed by atoms with E-state index in [9.17, 15) is 0 Å². The van der Waals surface area contributed by atoms with Crippen LogP contribution in [0.2, 0.25) is 0 Å². The summed E-state index contributed by atoms with van der Waals surface area (Å²) in [6.07, 6.45) is 2.50. The van der Waals surface area contributed by atoms with Crippen LogP contribution < -0.4 is 5.32 Å². The number of ether oxygens (including phenoxy) is 1. The second-order valence-electron chi connectivity index (χ2n) is 5.31. The van der Waals surface area contributed by atoms with Crippen LogP contribution in [-0.2, 0) is 17.9 Å². The molecule has 1 unspecified atom stereocenters. The van der Waals surface area contributed by atoms with Crippen molar-refractivity contribution in [2.45, 2.75) is 59.7 Å². The van der Waals surface area contributed by atoms with E-state index < -0.39 is 0 Å². The fraction of sp³-hybridized carbons (Fsp3) is 0.733. The van der Waals surface area contributed by atoms with Crippen molar-refractivity contribution < 1.29 is 4.74 Å². The van der Waals surface area contributed by atoms with Crippen LogP contribution >= 0.6 is 11.3 Å². The summed E-state index contributed by atoms with van der Waals surface area (Å²) in [6, 6.07) is 4.93. The Labute approximate surface area is 116 Å². The Balaban J connectivity index is 2.22. The average Bonchev–Trinajstić information content (AvgIpc) is 2.75. The Kier molecular flexibility index (Phi) is 7.56. The van der Waals surface area contributed by atoms with Gasteiger partial charge < -0.3 is 10.1 Å². The highest BCUT2D eigenvalue weighted by molar-refractivity contribution is 7.11. The molecule has 18 heavy (non-hydrogen) atoms. The SMILES string of the molecule is CCCC(C)COCc1ccc(CNC(C)C)s1. The van der Waals surface area contributed by atoms with E-state index in [2.05, 4.69) is 45.1 Å². The van der Waals surface area contributed by atoms with E-state index in [1.807, 2.05) is 11.3 Å². The minimum absolute atomic E-state index is 0.543. The highest BCUT2D eigenvalue weighted by Crippen LogP contribution is 2.18. The van der Waals surface area contributed by atoms with Crippen LogP contribution in [0.3, 0.4) is 0 Å². The van der Waals surface area contributed by atoms with Crippen molar-refractivity contribution in [3.63, 3.8) is 0 Å². The van der Waals surface area contributed by atoms with Crippen molar-refractivity contribution in [3.05, 3.63) is 21.9 Å². The van der Waals surface area contributed by atoms with Gasteiger partial charge >= 0.3 is 0 Å². The molecule has 0 saturated heterocycles. The van der Waals surface area contributed by atoms with E-state index in [-0.39, 0.29) is 0 Å². The van der Waals surface area contributed by atoms with E-state index in [1.165, 1.54) is 22.6 Å². The third kappa shape index (κ3) is 6.53.